The van der Waals surface area contributed by atoms with Crippen LogP contribution in [-0.2, 0) is 23.9 Å². The molecule has 11 nitrogen and oxygen atoms in total. The molecule has 0 fully saturated rings. The standard InChI is InChI=1S/C20H29N3O8S/c1-11-9-12(15(24)27-8)10-13-14(11)21-20(32-13,22-30-16(25)28-18(2,3)4)23-31-17(26)29-19(5,6)7/h9-10,21-23H,1-8H3. The van der Waals surface area contributed by atoms with Crippen LogP contribution in [0.15, 0.2) is 17.0 Å². The summed E-state index contributed by atoms with van der Waals surface area (Å²) in [6.07, 6.45) is -2.00. The average Bonchev–Trinajstić information content (AvgIpc) is 3.01. The lowest BCUT2D eigenvalue weighted by atomic mass is 10.1. The van der Waals surface area contributed by atoms with Gasteiger partial charge in [0.25, 0.3) is 5.12 Å². The molecule has 0 amide bonds. The molecule has 1 aromatic rings. The molecule has 0 bridgehead atoms. The smallest absolute Gasteiger partial charge is 0.465 e. The van der Waals surface area contributed by atoms with Crippen molar-refractivity contribution in [3.8, 4) is 0 Å². The van der Waals surface area contributed by atoms with E-state index in [2.05, 4.69) is 16.3 Å². The number of benzene rings is 1. The van der Waals surface area contributed by atoms with E-state index in [4.69, 9.17) is 23.9 Å². The maximum atomic E-state index is 12.0. The van der Waals surface area contributed by atoms with Crippen LogP contribution in [0, 0.1) is 6.92 Å². The topological polar surface area (TPSA) is 133 Å². The first kappa shape index (κ1) is 25.6. The first-order valence-corrected chi connectivity index (χ1v) is 10.5. The maximum Gasteiger partial charge on any atom is 0.528 e. The summed E-state index contributed by atoms with van der Waals surface area (Å²) in [5.74, 6) is -0.509. The zero-order chi connectivity index (χ0) is 24.3. The van der Waals surface area contributed by atoms with Gasteiger partial charge in [-0.05, 0) is 66.2 Å². The molecule has 0 aliphatic carbocycles. The Balaban J connectivity index is 2.24. The van der Waals surface area contributed by atoms with Crippen molar-refractivity contribution in [1.29, 1.82) is 0 Å². The molecule has 0 atom stereocenters. The molecule has 2 rings (SSSR count). The molecule has 12 heteroatoms. The van der Waals surface area contributed by atoms with Crippen LogP contribution in [0.25, 0.3) is 0 Å². The Bertz CT molecular complexity index is 860. The van der Waals surface area contributed by atoms with Crippen LogP contribution in [0.2, 0.25) is 0 Å². The first-order chi connectivity index (χ1) is 14.6. The van der Waals surface area contributed by atoms with Crippen molar-refractivity contribution in [3.63, 3.8) is 0 Å². The lowest BCUT2D eigenvalue weighted by Gasteiger charge is -2.30. The number of methoxy groups -OCH3 is 1. The number of anilines is 1. The summed E-state index contributed by atoms with van der Waals surface area (Å²) in [4.78, 5) is 46.7. The van der Waals surface area contributed by atoms with Gasteiger partial charge in [-0.25, -0.2) is 14.4 Å². The minimum absolute atomic E-state index is 0.329. The fourth-order valence-corrected chi connectivity index (χ4v) is 3.63. The number of nitrogens with one attached hydrogen (secondary N) is 3. The van der Waals surface area contributed by atoms with Gasteiger partial charge in [-0.15, -0.1) is 0 Å². The van der Waals surface area contributed by atoms with Gasteiger partial charge in [0.05, 0.1) is 18.4 Å². The molecule has 0 spiro atoms. The van der Waals surface area contributed by atoms with Gasteiger partial charge >= 0.3 is 18.3 Å². The van der Waals surface area contributed by atoms with Gasteiger partial charge in [0.1, 0.15) is 11.2 Å². The van der Waals surface area contributed by atoms with E-state index in [1.807, 2.05) is 0 Å². The van der Waals surface area contributed by atoms with E-state index < -0.39 is 34.6 Å². The summed E-state index contributed by atoms with van der Waals surface area (Å²) in [5.41, 5.74) is 5.07. The summed E-state index contributed by atoms with van der Waals surface area (Å²) in [6.45, 7) is 11.9. The quantitative estimate of drug-likeness (QED) is 0.249. The number of carbonyl (C=O) groups excluding carboxylic acids is 3. The molecule has 0 saturated heterocycles. The van der Waals surface area contributed by atoms with Crippen molar-refractivity contribution >= 4 is 35.7 Å². The molecule has 1 heterocycles. The van der Waals surface area contributed by atoms with Crippen molar-refractivity contribution in [3.05, 3.63) is 23.3 Å². The third-order valence-corrected chi connectivity index (χ3v) is 4.74. The van der Waals surface area contributed by atoms with Crippen molar-refractivity contribution in [2.45, 2.75) is 69.7 Å². The normalized spacial score (nSPS) is 14.6. The summed E-state index contributed by atoms with van der Waals surface area (Å²) in [6, 6.07) is 3.23. The van der Waals surface area contributed by atoms with Crippen molar-refractivity contribution in [2.75, 3.05) is 12.4 Å². The van der Waals surface area contributed by atoms with Crippen LogP contribution in [0.1, 0.15) is 57.5 Å². The number of hydrogen-bond donors (Lipinski definition) is 3. The molecule has 32 heavy (non-hydrogen) atoms. The van der Waals surface area contributed by atoms with Gasteiger partial charge in [0, 0.05) is 4.90 Å². The summed E-state index contributed by atoms with van der Waals surface area (Å²) in [7, 11) is 1.28. The van der Waals surface area contributed by atoms with Gasteiger partial charge in [-0.3, -0.25) is 0 Å². The monoisotopic (exact) mass is 471 g/mol. The van der Waals surface area contributed by atoms with Gasteiger partial charge < -0.3 is 29.2 Å². The van der Waals surface area contributed by atoms with E-state index in [0.717, 1.165) is 11.8 Å². The lowest BCUT2D eigenvalue weighted by Crippen LogP contribution is -2.59. The van der Waals surface area contributed by atoms with Gasteiger partial charge in [-0.1, -0.05) is 22.7 Å². The molecule has 178 valence electrons. The van der Waals surface area contributed by atoms with Crippen molar-refractivity contribution in [2.24, 2.45) is 0 Å². The molecule has 1 aromatic carbocycles. The third kappa shape index (κ3) is 7.18. The molecule has 0 aromatic heterocycles. The van der Waals surface area contributed by atoms with Crippen LogP contribution in [0.4, 0.5) is 15.3 Å². The van der Waals surface area contributed by atoms with E-state index in [1.54, 1.807) is 60.6 Å². The number of esters is 1. The van der Waals surface area contributed by atoms with E-state index in [-0.39, 0.29) is 0 Å². The number of carbonyl (C=O) groups is 3. The number of rotatable bonds is 5. The predicted molar refractivity (Wildman–Crippen MR) is 116 cm³/mol. The molecule has 0 unspecified atom stereocenters. The number of ether oxygens (including phenoxy) is 3. The van der Waals surface area contributed by atoms with E-state index in [0.29, 0.717) is 21.7 Å². The Hall–Kier alpha value is -2.70. The second-order valence-electron chi connectivity index (χ2n) is 8.90. The number of aryl methyl sites for hydroxylation is 1. The number of hydrogen-bond acceptors (Lipinski definition) is 12. The van der Waals surface area contributed by atoms with Gasteiger partial charge in [0.15, 0.2) is 0 Å². The first-order valence-electron chi connectivity index (χ1n) is 9.67. The zero-order valence-corrected chi connectivity index (χ0v) is 20.1. The molecule has 1 aliphatic rings. The number of hydroxylamine groups is 2. The minimum Gasteiger partial charge on any atom is -0.465 e. The largest absolute Gasteiger partial charge is 0.528 e. The van der Waals surface area contributed by atoms with E-state index in [1.165, 1.54) is 7.11 Å². The SMILES string of the molecule is COC(=O)c1cc(C)c2c(c1)SC(NOC(=O)OC(C)(C)C)(NOC(=O)OC(C)(C)C)N2. The predicted octanol–water partition coefficient (Wildman–Crippen LogP) is 3.82. The van der Waals surface area contributed by atoms with Crippen LogP contribution < -0.4 is 16.3 Å². The fraction of sp³-hybridized carbons (Fsp3) is 0.550. The fourth-order valence-electron chi connectivity index (χ4n) is 2.48. The molecular formula is C20H29N3O8S. The Morgan fingerprint density at radius 2 is 1.44 bits per heavy atom. The minimum atomic E-state index is -1.55. The third-order valence-electron chi connectivity index (χ3n) is 3.62. The van der Waals surface area contributed by atoms with Gasteiger partial charge in [-0.2, -0.15) is 0 Å². The second kappa shape index (κ2) is 9.43. The molecule has 0 saturated carbocycles. The Labute approximate surface area is 190 Å². The summed E-state index contributed by atoms with van der Waals surface area (Å²) >= 11 is 1.05. The number of fused-ring (bicyclic) bond motifs is 1. The van der Waals surface area contributed by atoms with Crippen LogP contribution >= 0.6 is 11.8 Å². The molecule has 1 aliphatic heterocycles. The van der Waals surface area contributed by atoms with Crippen molar-refractivity contribution < 1.29 is 38.3 Å². The highest BCUT2D eigenvalue weighted by Gasteiger charge is 2.43. The van der Waals surface area contributed by atoms with Crippen molar-refractivity contribution in [1.82, 2.24) is 11.0 Å². The van der Waals surface area contributed by atoms with Crippen LogP contribution in [0.3, 0.4) is 0 Å². The van der Waals surface area contributed by atoms with Crippen LogP contribution in [-0.4, -0.2) is 41.7 Å². The van der Waals surface area contributed by atoms with Crippen LogP contribution in [0.5, 0.6) is 0 Å². The van der Waals surface area contributed by atoms with E-state index in [9.17, 15) is 14.4 Å². The van der Waals surface area contributed by atoms with E-state index >= 15 is 0 Å². The Kier molecular flexibility index (Phi) is 7.53. The molecule has 3 N–H and O–H groups in total. The highest BCUT2D eigenvalue weighted by Crippen LogP contribution is 2.45. The zero-order valence-electron chi connectivity index (χ0n) is 19.3. The van der Waals surface area contributed by atoms with Gasteiger partial charge in [0.2, 0.25) is 0 Å². The maximum absolute atomic E-state index is 12.0. The second-order valence-corrected chi connectivity index (χ2v) is 10.2. The average molecular weight is 472 g/mol. The molecular weight excluding hydrogens is 442 g/mol. The highest BCUT2D eigenvalue weighted by molar-refractivity contribution is 8.01. The lowest BCUT2D eigenvalue weighted by molar-refractivity contribution is -0.0781. The molecule has 0 radical (unpaired) electrons. The summed E-state index contributed by atoms with van der Waals surface area (Å²) in [5, 5.41) is 1.51. The Morgan fingerprint density at radius 3 is 1.88 bits per heavy atom. The highest BCUT2D eigenvalue weighted by atomic mass is 32.2. The Morgan fingerprint density at radius 1 is 0.938 bits per heavy atom. The number of thioether (sulfide) groups is 1. The summed E-state index contributed by atoms with van der Waals surface area (Å²) < 4.78 is 15.0.